The van der Waals surface area contributed by atoms with Crippen molar-refractivity contribution >= 4 is 22.0 Å². The van der Waals surface area contributed by atoms with Crippen molar-refractivity contribution in [1.82, 2.24) is 0 Å². The van der Waals surface area contributed by atoms with Gasteiger partial charge in [0.2, 0.25) is 0 Å². The molecule has 0 saturated carbocycles. The molecule has 0 aromatic carbocycles. The maximum absolute atomic E-state index is 8.74. The number of nitrogens with zero attached hydrogens (tertiary/aromatic N) is 1. The molecule has 0 radical (unpaired) electrons. The summed E-state index contributed by atoms with van der Waals surface area (Å²) in [5.74, 6) is 0.582. The molecule has 0 spiro atoms. The molecule has 2 heterocycles. The molecule has 1 fully saturated rings. The molecule has 1 aliphatic heterocycles. The van der Waals surface area contributed by atoms with Gasteiger partial charge >= 0.3 is 0 Å². The van der Waals surface area contributed by atoms with Crippen molar-refractivity contribution in [3.05, 3.63) is 10.9 Å². The molecule has 1 unspecified atom stereocenters. The van der Waals surface area contributed by atoms with Gasteiger partial charge in [0.05, 0.1) is 17.3 Å². The lowest BCUT2D eigenvalue weighted by atomic mass is 10.1. The van der Waals surface area contributed by atoms with Crippen LogP contribution in [0.3, 0.4) is 0 Å². The van der Waals surface area contributed by atoms with Crippen LogP contribution in [0.25, 0.3) is 0 Å². The van der Waals surface area contributed by atoms with E-state index in [1.54, 1.807) is 0 Å². The highest BCUT2D eigenvalue weighted by molar-refractivity contribution is 7.17. The normalized spacial score (nSPS) is 20.1. The van der Waals surface area contributed by atoms with Crippen LogP contribution in [-0.2, 0) is 4.74 Å². The number of rotatable bonds is 3. The number of nitrogens with two attached hydrogens (primary N) is 1. The molecule has 0 aliphatic carbocycles. The zero-order valence-electron chi connectivity index (χ0n) is 8.32. The number of thiophene rings is 1. The Hall–Kier alpha value is -1.25. The summed E-state index contributed by atoms with van der Waals surface area (Å²) in [6.45, 7) is 2.59. The maximum Gasteiger partial charge on any atom is 0.129 e. The van der Waals surface area contributed by atoms with Gasteiger partial charge in [0.25, 0.3) is 0 Å². The predicted molar refractivity (Wildman–Crippen MR) is 60.9 cm³/mol. The van der Waals surface area contributed by atoms with Gasteiger partial charge < -0.3 is 15.8 Å². The van der Waals surface area contributed by atoms with E-state index in [-0.39, 0.29) is 0 Å². The van der Waals surface area contributed by atoms with E-state index in [1.165, 1.54) is 11.3 Å². The summed E-state index contributed by atoms with van der Waals surface area (Å²) < 4.78 is 5.28. The van der Waals surface area contributed by atoms with Crippen LogP contribution in [0.1, 0.15) is 11.3 Å². The summed E-state index contributed by atoms with van der Waals surface area (Å²) >= 11 is 1.40. The van der Waals surface area contributed by atoms with Gasteiger partial charge in [0.15, 0.2) is 0 Å². The van der Waals surface area contributed by atoms with E-state index >= 15 is 0 Å². The van der Waals surface area contributed by atoms with Crippen molar-refractivity contribution in [1.29, 1.82) is 5.26 Å². The molecular weight excluding hydrogens is 210 g/mol. The lowest BCUT2D eigenvalue weighted by Gasteiger charge is -2.07. The molecule has 1 saturated heterocycles. The van der Waals surface area contributed by atoms with Crippen LogP contribution >= 0.6 is 11.3 Å². The van der Waals surface area contributed by atoms with Crippen LogP contribution in [-0.4, -0.2) is 19.8 Å². The average molecular weight is 223 g/mol. The summed E-state index contributed by atoms with van der Waals surface area (Å²) in [6.07, 6.45) is 1.11. The molecule has 1 aromatic rings. The molecule has 80 valence electrons. The van der Waals surface area contributed by atoms with E-state index in [4.69, 9.17) is 15.7 Å². The number of nitrogens with one attached hydrogen (secondary N) is 1. The third-order valence-electron chi connectivity index (χ3n) is 2.45. The Morgan fingerprint density at radius 2 is 2.60 bits per heavy atom. The molecule has 2 rings (SSSR count). The van der Waals surface area contributed by atoms with E-state index in [1.807, 2.05) is 6.07 Å². The average Bonchev–Trinajstić information content (AvgIpc) is 2.83. The molecule has 3 N–H and O–H groups in total. The summed E-state index contributed by atoms with van der Waals surface area (Å²) in [5.41, 5.74) is 6.22. The Morgan fingerprint density at radius 1 is 1.73 bits per heavy atom. The molecule has 1 aliphatic rings. The second-order valence-electron chi connectivity index (χ2n) is 3.62. The second kappa shape index (κ2) is 4.51. The minimum absolute atomic E-state index is 0.563. The van der Waals surface area contributed by atoms with Gasteiger partial charge in [0.1, 0.15) is 10.9 Å². The first kappa shape index (κ1) is 10.3. The fourth-order valence-corrected chi connectivity index (χ4v) is 2.35. The van der Waals surface area contributed by atoms with Crippen LogP contribution in [0, 0.1) is 17.2 Å². The molecule has 0 bridgehead atoms. The minimum atomic E-state index is 0.563. The highest BCUT2D eigenvalue weighted by Crippen LogP contribution is 2.28. The van der Waals surface area contributed by atoms with E-state index in [0.717, 1.165) is 31.2 Å². The van der Waals surface area contributed by atoms with Gasteiger partial charge in [-0.2, -0.15) is 5.26 Å². The highest BCUT2D eigenvalue weighted by Gasteiger charge is 2.15. The van der Waals surface area contributed by atoms with Gasteiger partial charge in [-0.25, -0.2) is 0 Å². The van der Waals surface area contributed by atoms with Crippen molar-refractivity contribution < 1.29 is 4.74 Å². The van der Waals surface area contributed by atoms with E-state index in [0.29, 0.717) is 16.5 Å². The van der Waals surface area contributed by atoms with Gasteiger partial charge in [-0.1, -0.05) is 0 Å². The van der Waals surface area contributed by atoms with Crippen molar-refractivity contribution in [3.63, 3.8) is 0 Å². The van der Waals surface area contributed by atoms with Gasteiger partial charge in [0, 0.05) is 19.1 Å². The summed E-state index contributed by atoms with van der Waals surface area (Å²) in [4.78, 5) is 0.583. The van der Waals surface area contributed by atoms with Gasteiger partial charge in [-0.15, -0.1) is 11.3 Å². The number of ether oxygens (including phenoxy) is 1. The van der Waals surface area contributed by atoms with Crippen LogP contribution in [0.2, 0.25) is 0 Å². The number of hydrogen-bond acceptors (Lipinski definition) is 5. The first-order valence-electron chi connectivity index (χ1n) is 4.90. The molecule has 0 amide bonds. The quantitative estimate of drug-likeness (QED) is 0.817. The lowest BCUT2D eigenvalue weighted by molar-refractivity contribution is 0.187. The van der Waals surface area contributed by atoms with Crippen molar-refractivity contribution in [2.45, 2.75) is 6.42 Å². The molecule has 4 nitrogen and oxygen atoms in total. The Labute approximate surface area is 92.7 Å². The van der Waals surface area contributed by atoms with Crippen molar-refractivity contribution in [3.8, 4) is 6.07 Å². The molecule has 1 atom stereocenters. The zero-order valence-corrected chi connectivity index (χ0v) is 9.14. The first-order chi connectivity index (χ1) is 7.29. The fraction of sp³-hybridized carbons (Fsp3) is 0.500. The Balaban J connectivity index is 1.90. The van der Waals surface area contributed by atoms with Crippen LogP contribution in [0.4, 0.5) is 10.7 Å². The van der Waals surface area contributed by atoms with Gasteiger partial charge in [-0.05, 0) is 12.5 Å². The molecule has 5 heteroatoms. The Kier molecular flexibility index (Phi) is 3.09. The number of nitrogen functional groups attached to an aromatic ring is 1. The van der Waals surface area contributed by atoms with E-state index < -0.39 is 0 Å². The van der Waals surface area contributed by atoms with Gasteiger partial charge in [-0.3, -0.25) is 0 Å². The standard InChI is InChI=1S/C10H13N3OS/c11-4-9-8(12)3-10(15-9)13-5-7-1-2-14-6-7/h3,7,13H,1-2,5-6,12H2. The number of anilines is 2. The van der Waals surface area contributed by atoms with Crippen molar-refractivity contribution in [2.75, 3.05) is 30.8 Å². The van der Waals surface area contributed by atoms with Crippen LogP contribution in [0.15, 0.2) is 6.07 Å². The lowest BCUT2D eigenvalue weighted by Crippen LogP contribution is -2.13. The minimum Gasteiger partial charge on any atom is -0.397 e. The monoisotopic (exact) mass is 223 g/mol. The smallest absolute Gasteiger partial charge is 0.129 e. The summed E-state index contributed by atoms with van der Waals surface area (Å²) in [5, 5.41) is 13.0. The molecule has 15 heavy (non-hydrogen) atoms. The predicted octanol–water partition coefficient (Wildman–Crippen LogP) is 1.65. The maximum atomic E-state index is 8.74. The third kappa shape index (κ3) is 2.41. The number of nitriles is 1. The zero-order chi connectivity index (χ0) is 10.7. The second-order valence-corrected chi connectivity index (χ2v) is 4.67. The Bertz CT molecular complexity index is 377. The van der Waals surface area contributed by atoms with E-state index in [9.17, 15) is 0 Å². The molecule has 1 aromatic heterocycles. The number of hydrogen-bond donors (Lipinski definition) is 2. The Morgan fingerprint density at radius 3 is 3.20 bits per heavy atom. The van der Waals surface area contributed by atoms with Crippen molar-refractivity contribution in [2.24, 2.45) is 5.92 Å². The largest absolute Gasteiger partial charge is 0.397 e. The third-order valence-corrected chi connectivity index (χ3v) is 3.46. The topological polar surface area (TPSA) is 71.1 Å². The molecular formula is C10H13N3OS. The van der Waals surface area contributed by atoms with E-state index in [2.05, 4.69) is 11.4 Å². The van der Waals surface area contributed by atoms with Crippen LogP contribution < -0.4 is 11.1 Å². The first-order valence-corrected chi connectivity index (χ1v) is 5.72. The summed E-state index contributed by atoms with van der Waals surface area (Å²) in [7, 11) is 0. The van der Waals surface area contributed by atoms with Crippen LogP contribution in [0.5, 0.6) is 0 Å². The fourth-order valence-electron chi connectivity index (χ4n) is 1.57. The summed E-state index contributed by atoms with van der Waals surface area (Å²) in [6, 6.07) is 3.89. The highest BCUT2D eigenvalue weighted by atomic mass is 32.1. The SMILES string of the molecule is N#Cc1sc(NCC2CCOC2)cc1N.